The highest BCUT2D eigenvalue weighted by Gasteiger charge is 2.77. The third-order valence-corrected chi connectivity index (χ3v) is 9.54. The second kappa shape index (κ2) is 9.80. The molecule has 2 aromatic rings. The van der Waals surface area contributed by atoms with Gasteiger partial charge in [-0.05, 0) is 69.2 Å². The van der Waals surface area contributed by atoms with Crippen LogP contribution in [0.3, 0.4) is 0 Å². The van der Waals surface area contributed by atoms with Crippen molar-refractivity contribution in [2.24, 2.45) is 10.8 Å². The van der Waals surface area contributed by atoms with E-state index < -0.39 is 63.0 Å². The number of fused-ring (bicyclic) bond motifs is 2. The number of esters is 2. The maximum absolute atomic E-state index is 13.7. The molecule has 7 nitrogen and oxygen atoms in total. The maximum atomic E-state index is 13.7. The minimum Gasteiger partial charge on any atom is -0.446 e. The van der Waals surface area contributed by atoms with Crippen molar-refractivity contribution in [2.75, 3.05) is 11.1 Å². The van der Waals surface area contributed by atoms with Crippen LogP contribution in [0.1, 0.15) is 51.7 Å². The molecule has 0 aromatic heterocycles. The molecule has 0 unspecified atom stereocenters. The van der Waals surface area contributed by atoms with Crippen molar-refractivity contribution in [3.63, 3.8) is 0 Å². The summed E-state index contributed by atoms with van der Waals surface area (Å²) < 4.78 is 65.2. The van der Waals surface area contributed by atoms with E-state index in [9.17, 15) is 31.9 Å². The van der Waals surface area contributed by atoms with Crippen molar-refractivity contribution in [3.8, 4) is 6.07 Å². The van der Waals surface area contributed by atoms with Crippen LogP contribution in [0.5, 0.6) is 0 Å². The van der Waals surface area contributed by atoms with Crippen molar-refractivity contribution in [2.45, 2.75) is 62.8 Å². The third kappa shape index (κ3) is 4.70. The van der Waals surface area contributed by atoms with Gasteiger partial charge in [-0.15, -0.1) is 11.8 Å². The summed E-state index contributed by atoms with van der Waals surface area (Å²) in [4.78, 5) is 40.5. The molecule has 1 saturated carbocycles. The summed E-state index contributed by atoms with van der Waals surface area (Å²) in [5, 5.41) is 11.4. The van der Waals surface area contributed by atoms with Crippen molar-refractivity contribution in [1.29, 1.82) is 5.26 Å². The first-order chi connectivity index (χ1) is 18.5. The molecule has 1 saturated heterocycles. The highest BCUT2D eigenvalue weighted by molar-refractivity contribution is 7.99. The van der Waals surface area contributed by atoms with Gasteiger partial charge >= 0.3 is 18.1 Å². The minimum absolute atomic E-state index is 0.175. The predicted molar refractivity (Wildman–Crippen MR) is 136 cm³/mol. The Bertz CT molecular complexity index is 1420. The van der Waals surface area contributed by atoms with Crippen molar-refractivity contribution in [1.82, 2.24) is 0 Å². The van der Waals surface area contributed by atoms with Gasteiger partial charge in [0.1, 0.15) is 5.82 Å². The van der Waals surface area contributed by atoms with Crippen LogP contribution in [-0.4, -0.2) is 34.8 Å². The molecule has 12 heteroatoms. The monoisotopic (exact) mass is 578 g/mol. The van der Waals surface area contributed by atoms with Crippen LogP contribution in [0.15, 0.2) is 47.4 Å². The summed E-state index contributed by atoms with van der Waals surface area (Å²) in [5.41, 5.74) is -7.67. The van der Waals surface area contributed by atoms with Crippen LogP contribution in [-0.2, 0) is 30.0 Å². The zero-order valence-corrected chi connectivity index (χ0v) is 22.9. The number of nitrogens with zero attached hydrogens (tertiary/aromatic N) is 1. The average molecular weight is 579 g/mol. The first-order valence-corrected chi connectivity index (χ1v) is 13.3. The number of rotatable bonds is 7. The molecule has 2 aromatic carbocycles. The molecule has 2 aliphatic rings. The standard InChI is InChI=1S/C28H26F4N2O5S/c1-24(2)25(3)11-12-27(24,39-22(25)36)23(37)38-26(4,15-40-19-9-6-17(29)7-10-19)21(35)34-18-8-5-16(14-33)20(13-18)28(30,31)32/h5-10,13H,11-12,15H2,1-4H3,(H,34,35)/t25-,26-,27+/m1/s1. The molecule has 4 rings (SSSR count). The Morgan fingerprint density at radius 1 is 1.12 bits per heavy atom. The molecule has 2 fully saturated rings. The van der Waals surface area contributed by atoms with Crippen molar-refractivity contribution < 1.29 is 41.4 Å². The number of alkyl halides is 3. The number of halogens is 4. The molecule has 1 N–H and O–H groups in total. The lowest BCUT2D eigenvalue weighted by Gasteiger charge is -2.37. The number of ether oxygens (including phenoxy) is 2. The fraction of sp³-hybridized carbons (Fsp3) is 0.429. The minimum atomic E-state index is -4.85. The van der Waals surface area contributed by atoms with Crippen LogP contribution in [0.2, 0.25) is 0 Å². The predicted octanol–water partition coefficient (Wildman–Crippen LogP) is 5.87. The fourth-order valence-corrected chi connectivity index (χ4v) is 6.06. The second-order valence-electron chi connectivity index (χ2n) is 10.9. The summed E-state index contributed by atoms with van der Waals surface area (Å²) in [6, 6.07) is 9.47. The number of nitriles is 1. The summed E-state index contributed by atoms with van der Waals surface area (Å²) in [5.74, 6) is -3.13. The number of hydrogen-bond acceptors (Lipinski definition) is 7. The number of amides is 1. The molecular weight excluding hydrogens is 552 g/mol. The Morgan fingerprint density at radius 2 is 1.77 bits per heavy atom. The van der Waals surface area contributed by atoms with Crippen LogP contribution >= 0.6 is 11.8 Å². The molecular formula is C28H26F4N2O5S. The quantitative estimate of drug-likeness (QED) is 0.249. The summed E-state index contributed by atoms with van der Waals surface area (Å²) in [6.07, 6.45) is -4.31. The average Bonchev–Trinajstić information content (AvgIpc) is 3.18. The molecule has 1 heterocycles. The van der Waals surface area contributed by atoms with Crippen LogP contribution in [0.4, 0.5) is 23.2 Å². The lowest BCUT2D eigenvalue weighted by molar-refractivity contribution is -0.193. The molecule has 0 radical (unpaired) electrons. The SMILES string of the molecule is CC1(C)[C@@]2(C(=O)O[C@](C)(CSc3ccc(F)cc3)C(=O)Nc3ccc(C#N)c(C(F)(F)F)c3)CC[C@]1(C)C(=O)O2. The number of carbonyl (C=O) groups excluding carboxylic acids is 3. The highest BCUT2D eigenvalue weighted by Crippen LogP contribution is 2.66. The van der Waals surface area contributed by atoms with Gasteiger partial charge in [0.25, 0.3) is 5.91 Å². The number of carbonyl (C=O) groups is 3. The van der Waals surface area contributed by atoms with E-state index in [-0.39, 0.29) is 17.9 Å². The van der Waals surface area contributed by atoms with E-state index in [1.807, 2.05) is 0 Å². The van der Waals surface area contributed by atoms with E-state index in [0.717, 1.165) is 23.9 Å². The molecule has 1 aliphatic carbocycles. The van der Waals surface area contributed by atoms with E-state index in [1.165, 1.54) is 37.3 Å². The van der Waals surface area contributed by atoms with Gasteiger partial charge in [0.2, 0.25) is 5.60 Å². The van der Waals surface area contributed by atoms with Crippen LogP contribution in [0, 0.1) is 28.0 Å². The van der Waals surface area contributed by atoms with Gasteiger partial charge in [-0.25, -0.2) is 9.18 Å². The fourth-order valence-electron chi connectivity index (χ4n) is 5.10. The highest BCUT2D eigenvalue weighted by atomic mass is 32.2. The number of hydrogen-bond donors (Lipinski definition) is 1. The van der Waals surface area contributed by atoms with Crippen molar-refractivity contribution in [3.05, 3.63) is 59.4 Å². The number of benzene rings is 2. The second-order valence-corrected chi connectivity index (χ2v) is 11.9. The number of anilines is 1. The first kappa shape index (κ1) is 29.4. The number of nitrogens with one attached hydrogen (secondary N) is 1. The van der Waals surface area contributed by atoms with E-state index >= 15 is 0 Å². The molecule has 212 valence electrons. The smallest absolute Gasteiger partial charge is 0.417 e. The Morgan fingerprint density at radius 3 is 2.30 bits per heavy atom. The van der Waals surface area contributed by atoms with Gasteiger partial charge in [-0.1, -0.05) is 13.8 Å². The zero-order valence-electron chi connectivity index (χ0n) is 22.1. The van der Waals surface area contributed by atoms with Gasteiger partial charge < -0.3 is 14.8 Å². The van der Waals surface area contributed by atoms with E-state index in [2.05, 4.69) is 5.32 Å². The van der Waals surface area contributed by atoms with Gasteiger partial charge in [-0.2, -0.15) is 18.4 Å². The molecule has 0 spiro atoms. The van der Waals surface area contributed by atoms with Crippen LogP contribution in [0.25, 0.3) is 0 Å². The topological polar surface area (TPSA) is 105 Å². The molecule has 2 bridgehead atoms. The lowest BCUT2D eigenvalue weighted by Crippen LogP contribution is -2.55. The Labute approximate surface area is 232 Å². The number of thioether (sulfide) groups is 1. The summed E-state index contributed by atoms with van der Waals surface area (Å²) in [7, 11) is 0. The van der Waals surface area contributed by atoms with E-state index in [1.54, 1.807) is 20.8 Å². The summed E-state index contributed by atoms with van der Waals surface area (Å²) in [6.45, 7) is 6.43. The molecule has 40 heavy (non-hydrogen) atoms. The third-order valence-electron chi connectivity index (χ3n) is 8.24. The Hall–Kier alpha value is -3.59. The van der Waals surface area contributed by atoms with Gasteiger partial charge in [0.05, 0.1) is 22.6 Å². The molecule has 3 atom stereocenters. The van der Waals surface area contributed by atoms with Crippen LogP contribution < -0.4 is 5.32 Å². The Kier molecular flexibility index (Phi) is 7.20. The summed E-state index contributed by atoms with van der Waals surface area (Å²) >= 11 is 1.05. The molecule has 1 amide bonds. The van der Waals surface area contributed by atoms with Crippen molar-refractivity contribution >= 4 is 35.3 Å². The van der Waals surface area contributed by atoms with Gasteiger partial charge in [-0.3, -0.25) is 9.59 Å². The van der Waals surface area contributed by atoms with Gasteiger partial charge in [0, 0.05) is 21.8 Å². The maximum Gasteiger partial charge on any atom is 0.417 e. The largest absolute Gasteiger partial charge is 0.446 e. The first-order valence-electron chi connectivity index (χ1n) is 12.3. The normalized spacial score (nSPS) is 24.5. The van der Waals surface area contributed by atoms with Gasteiger partial charge in [0.15, 0.2) is 5.60 Å². The lowest BCUT2D eigenvalue weighted by atomic mass is 9.66. The van der Waals surface area contributed by atoms with E-state index in [4.69, 9.17) is 14.7 Å². The Balaban J connectivity index is 1.66. The van der Waals surface area contributed by atoms with E-state index in [0.29, 0.717) is 17.4 Å². The molecule has 1 aliphatic heterocycles. The zero-order chi connectivity index (χ0) is 29.7.